The summed E-state index contributed by atoms with van der Waals surface area (Å²) in [6.45, 7) is 5.02. The number of rotatable bonds is 2. The van der Waals surface area contributed by atoms with Crippen LogP contribution < -0.4 is 5.73 Å². The molecule has 0 amide bonds. The van der Waals surface area contributed by atoms with Crippen molar-refractivity contribution in [3.05, 3.63) is 47.2 Å². The summed E-state index contributed by atoms with van der Waals surface area (Å²) in [6, 6.07) is 1.33. The lowest BCUT2D eigenvalue weighted by molar-refractivity contribution is 0.0685. The van der Waals surface area contributed by atoms with Crippen molar-refractivity contribution < 1.29 is 9.50 Å². The normalized spacial score (nSPS) is 17.3. The third-order valence-corrected chi connectivity index (χ3v) is 4.70. The Kier molecular flexibility index (Phi) is 3.42. The predicted molar refractivity (Wildman–Crippen MR) is 91.4 cm³/mol. The number of aromatic nitrogens is 4. The molecule has 4 rings (SSSR count). The Morgan fingerprint density at radius 3 is 2.76 bits per heavy atom. The number of pyridine rings is 1. The van der Waals surface area contributed by atoms with E-state index >= 15 is 0 Å². The molecule has 0 saturated carbocycles. The lowest BCUT2D eigenvalue weighted by atomic mass is 10.1. The molecule has 0 fully saturated rings. The summed E-state index contributed by atoms with van der Waals surface area (Å²) in [7, 11) is 0. The minimum Gasteiger partial charge on any atom is -0.382 e. The van der Waals surface area contributed by atoms with Gasteiger partial charge in [0.25, 0.3) is 0 Å². The van der Waals surface area contributed by atoms with Crippen molar-refractivity contribution in [3.63, 3.8) is 0 Å². The second-order valence-corrected chi connectivity index (χ2v) is 7.10. The number of aryl methyl sites for hydroxylation is 2. The predicted octanol–water partition coefficient (Wildman–Crippen LogP) is 2.41. The summed E-state index contributed by atoms with van der Waals surface area (Å²) in [4.78, 5) is 13.0. The Morgan fingerprint density at radius 1 is 1.32 bits per heavy atom. The standard InChI is InChI=1S/C18H20FN5O/c1-9-10(7-21-17(22-9)18(2,3)25)11-8-24-14-5-4-13(20)16(14)23-15(24)6-12(11)19/h6-8,13,25H,4-5,20H2,1-3H3/t13-/m1/s1. The largest absolute Gasteiger partial charge is 0.382 e. The Hall–Kier alpha value is -2.38. The van der Waals surface area contributed by atoms with Gasteiger partial charge in [-0.1, -0.05) is 0 Å². The van der Waals surface area contributed by atoms with E-state index in [0.29, 0.717) is 28.3 Å². The van der Waals surface area contributed by atoms with Crippen molar-refractivity contribution in [2.24, 2.45) is 5.73 Å². The first-order valence-electron chi connectivity index (χ1n) is 8.28. The van der Waals surface area contributed by atoms with Gasteiger partial charge in [-0.2, -0.15) is 0 Å². The van der Waals surface area contributed by atoms with E-state index in [-0.39, 0.29) is 11.9 Å². The number of nitrogens with zero attached hydrogens (tertiary/aromatic N) is 4. The first kappa shape index (κ1) is 16.1. The zero-order chi connectivity index (χ0) is 17.9. The van der Waals surface area contributed by atoms with Crippen molar-refractivity contribution in [1.82, 2.24) is 19.4 Å². The van der Waals surface area contributed by atoms with Crippen molar-refractivity contribution in [1.29, 1.82) is 0 Å². The van der Waals surface area contributed by atoms with E-state index in [4.69, 9.17) is 5.73 Å². The number of hydrogen-bond donors (Lipinski definition) is 2. The van der Waals surface area contributed by atoms with Gasteiger partial charge in [0.05, 0.1) is 5.69 Å². The fourth-order valence-electron chi connectivity index (χ4n) is 3.33. The second-order valence-electron chi connectivity index (χ2n) is 7.10. The molecule has 7 heteroatoms. The van der Waals surface area contributed by atoms with E-state index in [0.717, 1.165) is 24.2 Å². The summed E-state index contributed by atoms with van der Waals surface area (Å²) in [6.07, 6.45) is 4.98. The fourth-order valence-corrected chi connectivity index (χ4v) is 3.33. The molecule has 0 aliphatic heterocycles. The highest BCUT2D eigenvalue weighted by Crippen LogP contribution is 2.33. The van der Waals surface area contributed by atoms with Crippen molar-refractivity contribution in [2.45, 2.75) is 45.3 Å². The molecule has 3 aromatic heterocycles. The van der Waals surface area contributed by atoms with Crippen LogP contribution in [0.2, 0.25) is 0 Å². The maximum atomic E-state index is 14.7. The molecule has 0 unspecified atom stereocenters. The zero-order valence-electron chi connectivity index (χ0n) is 14.4. The molecule has 0 saturated heterocycles. The van der Waals surface area contributed by atoms with Crippen LogP contribution >= 0.6 is 0 Å². The number of imidazole rings is 1. The summed E-state index contributed by atoms with van der Waals surface area (Å²) in [5, 5.41) is 10.1. The van der Waals surface area contributed by atoms with Crippen LogP contribution in [-0.4, -0.2) is 24.5 Å². The van der Waals surface area contributed by atoms with Gasteiger partial charge in [-0.05, 0) is 33.6 Å². The van der Waals surface area contributed by atoms with Crippen LogP contribution in [0.25, 0.3) is 16.8 Å². The summed E-state index contributed by atoms with van der Waals surface area (Å²) < 4.78 is 16.6. The zero-order valence-corrected chi connectivity index (χ0v) is 14.4. The second kappa shape index (κ2) is 5.31. The third-order valence-electron chi connectivity index (χ3n) is 4.70. The summed E-state index contributed by atoms with van der Waals surface area (Å²) >= 11 is 0. The van der Waals surface area contributed by atoms with Crippen LogP contribution in [0.1, 0.15) is 49.2 Å². The van der Waals surface area contributed by atoms with Crippen LogP contribution in [0.4, 0.5) is 4.39 Å². The molecule has 0 aromatic carbocycles. The van der Waals surface area contributed by atoms with Gasteiger partial charge in [0, 0.05) is 47.0 Å². The number of nitrogens with two attached hydrogens (primary N) is 1. The molecule has 1 aliphatic carbocycles. The molecule has 0 bridgehead atoms. The highest BCUT2D eigenvalue weighted by Gasteiger charge is 2.26. The van der Waals surface area contributed by atoms with Gasteiger partial charge in [-0.3, -0.25) is 0 Å². The van der Waals surface area contributed by atoms with E-state index in [9.17, 15) is 9.50 Å². The van der Waals surface area contributed by atoms with E-state index < -0.39 is 5.60 Å². The molecule has 3 aromatic rings. The van der Waals surface area contributed by atoms with Gasteiger partial charge in [-0.15, -0.1) is 0 Å². The first-order valence-corrected chi connectivity index (χ1v) is 8.28. The van der Waals surface area contributed by atoms with Crippen LogP contribution in [0.3, 0.4) is 0 Å². The number of aliphatic hydroxyl groups is 1. The highest BCUT2D eigenvalue weighted by atomic mass is 19.1. The van der Waals surface area contributed by atoms with E-state index in [1.54, 1.807) is 33.2 Å². The van der Waals surface area contributed by atoms with Crippen molar-refractivity contribution >= 4 is 5.65 Å². The molecule has 130 valence electrons. The van der Waals surface area contributed by atoms with Gasteiger partial charge >= 0.3 is 0 Å². The average molecular weight is 341 g/mol. The number of fused-ring (bicyclic) bond motifs is 3. The van der Waals surface area contributed by atoms with Crippen LogP contribution in [0.5, 0.6) is 0 Å². The lowest BCUT2D eigenvalue weighted by Gasteiger charge is -2.17. The monoisotopic (exact) mass is 341 g/mol. The Bertz CT molecular complexity index is 989. The van der Waals surface area contributed by atoms with Gasteiger partial charge < -0.3 is 15.2 Å². The molecule has 6 nitrogen and oxygen atoms in total. The van der Waals surface area contributed by atoms with Crippen molar-refractivity contribution in [2.75, 3.05) is 0 Å². The molecule has 0 spiro atoms. The quantitative estimate of drug-likeness (QED) is 0.747. The van der Waals surface area contributed by atoms with Gasteiger partial charge in [0.15, 0.2) is 5.82 Å². The third kappa shape index (κ3) is 2.51. The lowest BCUT2D eigenvalue weighted by Crippen LogP contribution is -2.20. The van der Waals surface area contributed by atoms with Crippen LogP contribution in [0, 0.1) is 12.7 Å². The summed E-state index contributed by atoms with van der Waals surface area (Å²) in [5.41, 5.74) is 8.98. The Labute approximate surface area is 144 Å². The molecule has 0 radical (unpaired) electrons. The minimum atomic E-state index is -1.15. The van der Waals surface area contributed by atoms with Gasteiger partial charge in [0.2, 0.25) is 0 Å². The molecule has 3 N–H and O–H groups in total. The minimum absolute atomic E-state index is 0.0856. The molecular weight excluding hydrogens is 321 g/mol. The molecule has 1 atom stereocenters. The van der Waals surface area contributed by atoms with E-state index in [1.807, 2.05) is 4.40 Å². The molecular formula is C18H20FN5O. The van der Waals surface area contributed by atoms with Crippen molar-refractivity contribution in [3.8, 4) is 11.1 Å². The SMILES string of the molecule is Cc1nc(C(C)(C)O)ncc1-c1cn2c3c(nc2cc1F)[C@H](N)CC3. The Morgan fingerprint density at radius 2 is 2.08 bits per heavy atom. The van der Waals surface area contributed by atoms with E-state index in [2.05, 4.69) is 15.0 Å². The van der Waals surface area contributed by atoms with Gasteiger partial charge in [-0.25, -0.2) is 19.3 Å². The molecule has 1 aliphatic rings. The average Bonchev–Trinajstić information content (AvgIpc) is 3.05. The molecule has 25 heavy (non-hydrogen) atoms. The van der Waals surface area contributed by atoms with Gasteiger partial charge in [0.1, 0.15) is 17.1 Å². The smallest absolute Gasteiger partial charge is 0.159 e. The maximum absolute atomic E-state index is 14.7. The maximum Gasteiger partial charge on any atom is 0.159 e. The fraction of sp³-hybridized carbons (Fsp3) is 0.389. The van der Waals surface area contributed by atoms with Crippen LogP contribution in [-0.2, 0) is 12.0 Å². The van der Waals surface area contributed by atoms with Crippen LogP contribution in [0.15, 0.2) is 18.5 Å². The number of hydrogen-bond acceptors (Lipinski definition) is 5. The number of halogens is 1. The first-order chi connectivity index (χ1) is 11.8. The molecule has 3 heterocycles. The highest BCUT2D eigenvalue weighted by molar-refractivity contribution is 5.67. The summed E-state index contributed by atoms with van der Waals surface area (Å²) in [5.74, 6) is -0.0721. The Balaban J connectivity index is 1.88. The van der Waals surface area contributed by atoms with E-state index in [1.165, 1.54) is 6.07 Å². The topological polar surface area (TPSA) is 89.3 Å².